The molecule has 0 fully saturated rings. The molecule has 0 bridgehead atoms. The lowest BCUT2D eigenvalue weighted by Gasteiger charge is -2.11. The molecule has 0 saturated heterocycles. The van der Waals surface area contributed by atoms with E-state index in [9.17, 15) is 9.90 Å². The van der Waals surface area contributed by atoms with E-state index in [1.165, 1.54) is 12.1 Å². The molecule has 1 aromatic carbocycles. The molecule has 84 valence electrons. The first-order valence-electron chi connectivity index (χ1n) is 4.71. The number of carbonyl (C=O) groups is 1. The molecule has 0 heterocycles. The lowest BCUT2D eigenvalue weighted by Crippen LogP contribution is -2.32. The van der Waals surface area contributed by atoms with E-state index in [0.717, 1.165) is 0 Å². The van der Waals surface area contributed by atoms with Crippen molar-refractivity contribution in [2.45, 2.75) is 19.4 Å². The molecule has 0 saturated carbocycles. The van der Waals surface area contributed by atoms with E-state index in [-0.39, 0.29) is 29.7 Å². The van der Waals surface area contributed by atoms with Crippen molar-refractivity contribution in [2.24, 2.45) is 0 Å². The maximum atomic E-state index is 11.7. The Morgan fingerprint density at radius 3 is 2.94 bits per heavy atom. The van der Waals surface area contributed by atoms with Crippen LogP contribution in [0.15, 0.2) is 22.7 Å². The van der Waals surface area contributed by atoms with Crippen LogP contribution in [0.4, 0.5) is 0 Å². The Bertz CT molecular complexity index is 440. The van der Waals surface area contributed by atoms with Gasteiger partial charge in [-0.15, -0.1) is 0 Å². The zero-order valence-electron chi connectivity index (χ0n) is 8.70. The first-order chi connectivity index (χ1) is 7.54. The highest BCUT2D eigenvalue weighted by atomic mass is 79.9. The summed E-state index contributed by atoms with van der Waals surface area (Å²) in [6.07, 6.45) is 0.239. The minimum atomic E-state index is -0.382. The Morgan fingerprint density at radius 1 is 1.69 bits per heavy atom. The van der Waals surface area contributed by atoms with Crippen molar-refractivity contribution in [1.29, 1.82) is 5.26 Å². The van der Waals surface area contributed by atoms with E-state index in [1.807, 2.05) is 6.07 Å². The summed E-state index contributed by atoms with van der Waals surface area (Å²) in [5.41, 5.74) is 0.202. The fourth-order valence-electron chi connectivity index (χ4n) is 1.19. The van der Waals surface area contributed by atoms with Crippen LogP contribution in [-0.4, -0.2) is 17.1 Å². The Balaban J connectivity index is 2.78. The van der Waals surface area contributed by atoms with Gasteiger partial charge in [0.05, 0.1) is 18.1 Å². The molecule has 1 aromatic rings. The monoisotopic (exact) mass is 282 g/mol. The highest BCUT2D eigenvalue weighted by molar-refractivity contribution is 9.10. The van der Waals surface area contributed by atoms with Crippen molar-refractivity contribution in [3.63, 3.8) is 0 Å². The van der Waals surface area contributed by atoms with E-state index in [2.05, 4.69) is 21.2 Å². The molecule has 0 aliphatic rings. The van der Waals surface area contributed by atoms with Gasteiger partial charge >= 0.3 is 0 Å². The van der Waals surface area contributed by atoms with Gasteiger partial charge in [-0.1, -0.05) is 15.9 Å². The van der Waals surface area contributed by atoms with E-state index in [1.54, 1.807) is 13.0 Å². The van der Waals surface area contributed by atoms with E-state index < -0.39 is 0 Å². The number of nitrogens with zero attached hydrogens (tertiary/aromatic N) is 1. The SMILES string of the molecule is CC(CC#N)NC(=O)c1ccc(Br)cc1O. The van der Waals surface area contributed by atoms with Crippen molar-refractivity contribution in [3.05, 3.63) is 28.2 Å². The number of phenols is 1. The van der Waals surface area contributed by atoms with Crippen LogP contribution in [0.2, 0.25) is 0 Å². The van der Waals surface area contributed by atoms with Gasteiger partial charge in [0.25, 0.3) is 5.91 Å². The molecule has 2 N–H and O–H groups in total. The Hall–Kier alpha value is -1.54. The summed E-state index contributed by atoms with van der Waals surface area (Å²) in [5.74, 6) is -0.469. The standard InChI is InChI=1S/C11H11BrN2O2/c1-7(4-5-13)14-11(16)9-3-2-8(12)6-10(9)15/h2-3,6-7,15H,4H2,1H3,(H,14,16). The summed E-state index contributed by atoms with van der Waals surface area (Å²) < 4.78 is 0.701. The minimum absolute atomic E-state index is 0.0870. The van der Waals surface area contributed by atoms with Crippen molar-refractivity contribution in [2.75, 3.05) is 0 Å². The fourth-order valence-corrected chi connectivity index (χ4v) is 1.54. The molecule has 0 aliphatic carbocycles. The van der Waals surface area contributed by atoms with Gasteiger partial charge in [-0.25, -0.2) is 0 Å². The number of aromatic hydroxyl groups is 1. The summed E-state index contributed by atoms with van der Waals surface area (Å²) in [4.78, 5) is 11.7. The van der Waals surface area contributed by atoms with Crippen LogP contribution in [0, 0.1) is 11.3 Å². The van der Waals surface area contributed by atoms with E-state index in [4.69, 9.17) is 5.26 Å². The second-order valence-electron chi connectivity index (χ2n) is 3.40. The van der Waals surface area contributed by atoms with Crippen molar-refractivity contribution < 1.29 is 9.90 Å². The molecule has 1 amide bonds. The highest BCUT2D eigenvalue weighted by Gasteiger charge is 2.13. The molecule has 1 rings (SSSR count). The molecule has 1 atom stereocenters. The van der Waals surface area contributed by atoms with Crippen LogP contribution < -0.4 is 5.32 Å². The first-order valence-corrected chi connectivity index (χ1v) is 5.50. The number of benzene rings is 1. The third kappa shape index (κ3) is 3.24. The number of rotatable bonds is 3. The van der Waals surface area contributed by atoms with Crippen molar-refractivity contribution in [1.82, 2.24) is 5.32 Å². The normalized spacial score (nSPS) is 11.6. The van der Waals surface area contributed by atoms with Gasteiger partial charge in [0.15, 0.2) is 0 Å². The van der Waals surface area contributed by atoms with Gasteiger partial charge in [-0.2, -0.15) is 5.26 Å². The molecule has 0 aromatic heterocycles. The number of hydrogen-bond donors (Lipinski definition) is 2. The lowest BCUT2D eigenvalue weighted by atomic mass is 10.1. The Labute approximate surface area is 102 Å². The molecular formula is C11H11BrN2O2. The quantitative estimate of drug-likeness (QED) is 0.893. The van der Waals surface area contributed by atoms with Crippen LogP contribution in [0.5, 0.6) is 5.75 Å². The second kappa shape index (κ2) is 5.52. The highest BCUT2D eigenvalue weighted by Crippen LogP contribution is 2.22. The van der Waals surface area contributed by atoms with Crippen LogP contribution in [0.1, 0.15) is 23.7 Å². The molecule has 1 unspecified atom stereocenters. The second-order valence-corrected chi connectivity index (χ2v) is 4.31. The molecule has 0 radical (unpaired) electrons. The molecule has 0 aliphatic heterocycles. The van der Waals surface area contributed by atoms with Gasteiger partial charge in [0.1, 0.15) is 5.75 Å². The molecule has 4 nitrogen and oxygen atoms in total. The summed E-state index contributed by atoms with van der Waals surface area (Å²) in [7, 11) is 0. The molecular weight excluding hydrogens is 272 g/mol. The van der Waals surface area contributed by atoms with Gasteiger partial charge in [-0.05, 0) is 25.1 Å². The van der Waals surface area contributed by atoms with Gasteiger partial charge in [0, 0.05) is 10.5 Å². The summed E-state index contributed by atoms with van der Waals surface area (Å²) in [6.45, 7) is 1.73. The molecule has 16 heavy (non-hydrogen) atoms. The Morgan fingerprint density at radius 2 is 2.38 bits per heavy atom. The fraction of sp³-hybridized carbons (Fsp3) is 0.273. The van der Waals surface area contributed by atoms with Gasteiger partial charge in [0.2, 0.25) is 0 Å². The average molecular weight is 283 g/mol. The smallest absolute Gasteiger partial charge is 0.255 e. The third-order valence-corrected chi connectivity index (χ3v) is 2.47. The zero-order chi connectivity index (χ0) is 12.1. The van der Waals surface area contributed by atoms with Crippen LogP contribution in [0.3, 0.4) is 0 Å². The number of halogens is 1. The molecule has 5 heteroatoms. The maximum absolute atomic E-state index is 11.7. The average Bonchev–Trinajstić information content (AvgIpc) is 2.17. The zero-order valence-corrected chi connectivity index (χ0v) is 10.3. The first kappa shape index (κ1) is 12.5. The Kier molecular flexibility index (Phi) is 4.32. The predicted molar refractivity (Wildman–Crippen MR) is 63.0 cm³/mol. The largest absolute Gasteiger partial charge is 0.507 e. The third-order valence-electron chi connectivity index (χ3n) is 1.98. The summed E-state index contributed by atoms with van der Waals surface area (Å²) in [6, 6.07) is 6.37. The summed E-state index contributed by atoms with van der Waals surface area (Å²) in [5, 5.41) is 20.6. The number of amides is 1. The maximum Gasteiger partial charge on any atom is 0.255 e. The minimum Gasteiger partial charge on any atom is -0.507 e. The number of phenolic OH excluding ortho intramolecular Hbond substituents is 1. The molecule has 0 spiro atoms. The predicted octanol–water partition coefficient (Wildman–Crippen LogP) is 2.19. The van der Waals surface area contributed by atoms with Crippen molar-refractivity contribution >= 4 is 21.8 Å². The van der Waals surface area contributed by atoms with Crippen LogP contribution in [-0.2, 0) is 0 Å². The number of carbonyl (C=O) groups excluding carboxylic acids is 1. The topological polar surface area (TPSA) is 73.1 Å². The van der Waals surface area contributed by atoms with E-state index in [0.29, 0.717) is 4.47 Å². The lowest BCUT2D eigenvalue weighted by molar-refractivity contribution is 0.0938. The van der Waals surface area contributed by atoms with Crippen LogP contribution >= 0.6 is 15.9 Å². The number of nitriles is 1. The van der Waals surface area contributed by atoms with E-state index >= 15 is 0 Å². The van der Waals surface area contributed by atoms with Gasteiger partial charge in [-0.3, -0.25) is 4.79 Å². The van der Waals surface area contributed by atoms with Crippen LogP contribution in [0.25, 0.3) is 0 Å². The van der Waals surface area contributed by atoms with Gasteiger partial charge < -0.3 is 10.4 Å². The van der Waals surface area contributed by atoms with Crippen molar-refractivity contribution in [3.8, 4) is 11.8 Å². The summed E-state index contributed by atoms with van der Waals surface area (Å²) >= 11 is 3.19. The number of hydrogen-bond acceptors (Lipinski definition) is 3. The number of nitrogens with one attached hydrogen (secondary N) is 1.